The highest BCUT2D eigenvalue weighted by atomic mass is 19.4. The minimum absolute atomic E-state index is 0.0338. The molecule has 0 spiro atoms. The van der Waals surface area contributed by atoms with E-state index in [0.29, 0.717) is 0 Å². The van der Waals surface area contributed by atoms with Crippen LogP contribution in [0, 0.1) is 24.2 Å². The van der Waals surface area contributed by atoms with Gasteiger partial charge in [-0.2, -0.15) is 13.2 Å². The Labute approximate surface area is 99.0 Å². The summed E-state index contributed by atoms with van der Waals surface area (Å²) in [5.41, 5.74) is 0. The van der Waals surface area contributed by atoms with E-state index >= 15 is 0 Å². The van der Waals surface area contributed by atoms with E-state index in [0.717, 1.165) is 0 Å². The summed E-state index contributed by atoms with van der Waals surface area (Å²) in [5, 5.41) is 2.60. The molecule has 5 heteroatoms. The normalized spacial score (nSPS) is 27.0. The van der Waals surface area contributed by atoms with Crippen LogP contribution in [0.3, 0.4) is 0 Å². The molecule has 0 aromatic rings. The lowest BCUT2D eigenvalue weighted by molar-refractivity contribution is -0.184. The van der Waals surface area contributed by atoms with Gasteiger partial charge >= 0.3 is 6.18 Å². The lowest BCUT2D eigenvalue weighted by Crippen LogP contribution is -2.39. The Morgan fingerprint density at radius 3 is 2.29 bits per heavy atom. The van der Waals surface area contributed by atoms with Crippen molar-refractivity contribution in [2.24, 2.45) is 11.8 Å². The lowest BCUT2D eigenvalue weighted by atomic mass is 9.81. The molecule has 1 amide bonds. The summed E-state index contributed by atoms with van der Waals surface area (Å²) in [5.74, 6) is 0.548. The topological polar surface area (TPSA) is 29.1 Å². The predicted octanol–water partition coefficient (Wildman–Crippen LogP) is 2.49. The zero-order valence-electron chi connectivity index (χ0n) is 9.68. The van der Waals surface area contributed by atoms with Crippen molar-refractivity contribution in [1.29, 1.82) is 0 Å². The van der Waals surface area contributed by atoms with E-state index in [1.165, 1.54) is 0 Å². The molecule has 1 atom stereocenters. The van der Waals surface area contributed by atoms with E-state index in [2.05, 4.69) is 11.2 Å². The van der Waals surface area contributed by atoms with Crippen molar-refractivity contribution in [3.05, 3.63) is 0 Å². The molecule has 17 heavy (non-hydrogen) atoms. The maximum absolute atomic E-state index is 12.4. The number of rotatable bonds is 2. The second-order valence-electron chi connectivity index (χ2n) is 4.49. The highest BCUT2D eigenvalue weighted by Crippen LogP contribution is 2.39. The van der Waals surface area contributed by atoms with Gasteiger partial charge in [0.2, 0.25) is 5.91 Å². The fourth-order valence-corrected chi connectivity index (χ4v) is 2.06. The molecular weight excluding hydrogens is 231 g/mol. The number of alkyl halides is 3. The van der Waals surface area contributed by atoms with Crippen molar-refractivity contribution < 1.29 is 18.0 Å². The predicted molar refractivity (Wildman–Crippen MR) is 57.9 cm³/mol. The lowest BCUT2D eigenvalue weighted by Gasteiger charge is -2.29. The Kier molecular flexibility index (Phi) is 4.44. The minimum Gasteiger partial charge on any atom is -0.343 e. The van der Waals surface area contributed by atoms with Crippen LogP contribution >= 0.6 is 0 Å². The van der Waals surface area contributed by atoms with Gasteiger partial charge in [-0.15, -0.1) is 6.42 Å². The molecule has 1 aliphatic rings. The zero-order chi connectivity index (χ0) is 13.1. The molecular formula is C12H16F3NO. The third-order valence-electron chi connectivity index (χ3n) is 3.17. The van der Waals surface area contributed by atoms with Crippen LogP contribution in [0.1, 0.15) is 32.6 Å². The van der Waals surface area contributed by atoms with Crippen molar-refractivity contribution in [2.45, 2.75) is 44.8 Å². The average molecular weight is 247 g/mol. The molecule has 1 aliphatic carbocycles. The summed E-state index contributed by atoms with van der Waals surface area (Å²) in [7, 11) is 0. The van der Waals surface area contributed by atoms with Crippen LogP contribution in [-0.2, 0) is 4.79 Å². The molecule has 0 heterocycles. The third-order valence-corrected chi connectivity index (χ3v) is 3.17. The van der Waals surface area contributed by atoms with Gasteiger partial charge in [0.15, 0.2) is 0 Å². The zero-order valence-corrected chi connectivity index (χ0v) is 9.68. The number of nitrogens with one attached hydrogen (secondary N) is 1. The Morgan fingerprint density at radius 1 is 1.35 bits per heavy atom. The molecule has 96 valence electrons. The Morgan fingerprint density at radius 2 is 1.88 bits per heavy atom. The van der Waals surface area contributed by atoms with E-state index < -0.39 is 12.1 Å². The van der Waals surface area contributed by atoms with Gasteiger partial charge in [-0.3, -0.25) is 4.79 Å². The van der Waals surface area contributed by atoms with E-state index in [1.807, 2.05) is 0 Å². The summed E-state index contributed by atoms with van der Waals surface area (Å²) in [4.78, 5) is 11.6. The molecule has 2 nitrogen and oxygen atoms in total. The average Bonchev–Trinajstić information content (AvgIpc) is 2.27. The summed E-state index contributed by atoms with van der Waals surface area (Å²) in [6, 6.07) is -0.372. The molecule has 1 rings (SSSR count). The number of hydrogen-bond donors (Lipinski definition) is 1. The first-order valence-corrected chi connectivity index (χ1v) is 5.67. The molecule has 0 radical (unpaired) electrons. The number of halogens is 3. The second kappa shape index (κ2) is 5.44. The SMILES string of the molecule is C#CC(C)NC(=O)C1CCC(C(F)(F)F)CC1. The van der Waals surface area contributed by atoms with Crippen molar-refractivity contribution in [2.75, 3.05) is 0 Å². The molecule has 0 aromatic carbocycles. The van der Waals surface area contributed by atoms with Crippen LogP contribution in [0.15, 0.2) is 0 Å². The molecule has 0 aromatic heterocycles. The molecule has 1 N–H and O–H groups in total. The Hall–Kier alpha value is -1.18. The maximum Gasteiger partial charge on any atom is 0.391 e. The first kappa shape index (κ1) is 13.9. The van der Waals surface area contributed by atoms with E-state index in [4.69, 9.17) is 6.42 Å². The number of hydrogen-bond acceptors (Lipinski definition) is 1. The van der Waals surface area contributed by atoms with Gasteiger partial charge in [0.1, 0.15) is 0 Å². The van der Waals surface area contributed by atoms with Crippen molar-refractivity contribution >= 4 is 5.91 Å². The minimum atomic E-state index is -4.13. The molecule has 1 fully saturated rings. The largest absolute Gasteiger partial charge is 0.391 e. The number of amides is 1. The second-order valence-corrected chi connectivity index (χ2v) is 4.49. The van der Waals surface area contributed by atoms with Crippen LogP contribution in [0.5, 0.6) is 0 Å². The summed E-state index contributed by atoms with van der Waals surface area (Å²) < 4.78 is 37.2. The van der Waals surface area contributed by atoms with Crippen LogP contribution in [0.2, 0.25) is 0 Å². The monoisotopic (exact) mass is 247 g/mol. The van der Waals surface area contributed by atoms with E-state index in [9.17, 15) is 18.0 Å². The van der Waals surface area contributed by atoms with E-state index in [1.54, 1.807) is 6.92 Å². The van der Waals surface area contributed by atoms with Crippen LogP contribution < -0.4 is 5.32 Å². The fourth-order valence-electron chi connectivity index (χ4n) is 2.06. The number of terminal acetylenes is 1. The quantitative estimate of drug-likeness (QED) is 0.746. The van der Waals surface area contributed by atoms with Crippen molar-refractivity contribution in [1.82, 2.24) is 5.32 Å². The summed E-state index contributed by atoms with van der Waals surface area (Å²) >= 11 is 0. The Bertz CT molecular complexity index is 311. The van der Waals surface area contributed by atoms with Crippen LogP contribution in [0.4, 0.5) is 13.2 Å². The van der Waals surface area contributed by atoms with Crippen LogP contribution in [0.25, 0.3) is 0 Å². The van der Waals surface area contributed by atoms with Gasteiger partial charge in [-0.1, -0.05) is 5.92 Å². The molecule has 1 saturated carbocycles. The summed E-state index contributed by atoms with van der Waals surface area (Å²) in [6.07, 6.45) is 1.62. The molecule has 0 aliphatic heterocycles. The van der Waals surface area contributed by atoms with Crippen molar-refractivity contribution in [3.8, 4) is 12.3 Å². The highest BCUT2D eigenvalue weighted by molar-refractivity contribution is 5.79. The fraction of sp³-hybridized carbons (Fsp3) is 0.750. The number of carbonyl (C=O) groups is 1. The van der Waals surface area contributed by atoms with Gasteiger partial charge in [-0.25, -0.2) is 0 Å². The van der Waals surface area contributed by atoms with Gasteiger partial charge in [0.05, 0.1) is 12.0 Å². The van der Waals surface area contributed by atoms with Crippen LogP contribution in [-0.4, -0.2) is 18.1 Å². The molecule has 1 unspecified atom stereocenters. The molecule has 0 bridgehead atoms. The van der Waals surface area contributed by atoms with Gasteiger partial charge in [-0.05, 0) is 32.6 Å². The standard InChI is InChI=1S/C12H16F3NO/c1-3-8(2)16-11(17)9-4-6-10(7-5-9)12(13,14)15/h1,8-10H,4-7H2,2H3,(H,16,17). The van der Waals surface area contributed by atoms with Gasteiger partial charge in [0.25, 0.3) is 0 Å². The smallest absolute Gasteiger partial charge is 0.343 e. The Balaban J connectivity index is 2.42. The van der Waals surface area contributed by atoms with Crippen molar-refractivity contribution in [3.63, 3.8) is 0 Å². The van der Waals surface area contributed by atoms with E-state index in [-0.39, 0.29) is 43.6 Å². The van der Waals surface area contributed by atoms with Gasteiger partial charge < -0.3 is 5.32 Å². The first-order chi connectivity index (χ1) is 7.84. The highest BCUT2D eigenvalue weighted by Gasteiger charge is 2.42. The third kappa shape index (κ3) is 3.95. The number of carbonyl (C=O) groups excluding carboxylic acids is 1. The summed E-state index contributed by atoms with van der Waals surface area (Å²) in [6.45, 7) is 1.67. The molecule has 0 saturated heterocycles. The van der Waals surface area contributed by atoms with Gasteiger partial charge in [0, 0.05) is 5.92 Å². The first-order valence-electron chi connectivity index (χ1n) is 5.67. The maximum atomic E-state index is 12.4.